The molecule has 0 spiro atoms. The van der Waals surface area contributed by atoms with Gasteiger partial charge in [-0.3, -0.25) is 10.1 Å². The second-order valence-corrected chi connectivity index (χ2v) is 6.23. The molecule has 7 nitrogen and oxygen atoms in total. The third-order valence-corrected chi connectivity index (χ3v) is 5.05. The van der Waals surface area contributed by atoms with Crippen LogP contribution < -0.4 is 10.5 Å². The number of benzene rings is 1. The van der Waals surface area contributed by atoms with Crippen LogP contribution in [-0.2, 0) is 10.0 Å². The third kappa shape index (κ3) is 4.63. The van der Waals surface area contributed by atoms with E-state index in [2.05, 4.69) is 4.72 Å². The molecule has 0 saturated heterocycles. The van der Waals surface area contributed by atoms with Crippen molar-refractivity contribution in [2.24, 2.45) is 5.73 Å². The Morgan fingerprint density at radius 1 is 1.24 bits per heavy atom. The zero-order valence-corrected chi connectivity index (χ0v) is 13.5. The topological polar surface area (TPSA) is 115 Å². The first-order chi connectivity index (χ1) is 9.30. The Morgan fingerprint density at radius 2 is 1.71 bits per heavy atom. The van der Waals surface area contributed by atoms with Crippen LogP contribution in [-0.4, -0.2) is 25.4 Å². The molecule has 0 unspecified atom stereocenters. The SMILES string of the molecule is CCC(CC)(CN)NS(=O)(=O)c1ccc([N+](=O)[O-])cc1.Cl. The quantitative estimate of drug-likeness (QED) is 0.581. The van der Waals surface area contributed by atoms with E-state index in [-0.39, 0.29) is 29.5 Å². The molecule has 0 aromatic heterocycles. The van der Waals surface area contributed by atoms with Gasteiger partial charge < -0.3 is 5.73 Å². The molecule has 1 rings (SSSR count). The van der Waals surface area contributed by atoms with E-state index in [9.17, 15) is 18.5 Å². The largest absolute Gasteiger partial charge is 0.329 e. The molecule has 9 heteroatoms. The van der Waals surface area contributed by atoms with Crippen molar-refractivity contribution in [1.82, 2.24) is 4.72 Å². The Kier molecular flexibility index (Phi) is 7.25. The lowest BCUT2D eigenvalue weighted by Crippen LogP contribution is -2.52. The fraction of sp³-hybridized carbons (Fsp3) is 0.500. The van der Waals surface area contributed by atoms with E-state index in [0.717, 1.165) is 12.1 Å². The Bertz CT molecular complexity index is 562. The van der Waals surface area contributed by atoms with Crippen molar-refractivity contribution in [3.05, 3.63) is 34.4 Å². The maximum Gasteiger partial charge on any atom is 0.269 e. The average Bonchev–Trinajstić information content (AvgIpc) is 2.45. The monoisotopic (exact) mass is 337 g/mol. The van der Waals surface area contributed by atoms with Crippen LogP contribution in [0.25, 0.3) is 0 Å². The van der Waals surface area contributed by atoms with Gasteiger partial charge in [-0.1, -0.05) is 13.8 Å². The summed E-state index contributed by atoms with van der Waals surface area (Å²) < 4.78 is 27.1. The molecular formula is C12H20ClN3O4S. The van der Waals surface area contributed by atoms with Gasteiger partial charge in [0.15, 0.2) is 0 Å². The standard InChI is InChI=1S/C12H19N3O4S.ClH/c1-3-12(4-2,9-13)14-20(18,19)11-7-5-10(6-8-11)15(16)17;/h5-8,14H,3-4,9,13H2,1-2H3;1H. The molecule has 3 N–H and O–H groups in total. The number of rotatable bonds is 7. The zero-order valence-electron chi connectivity index (χ0n) is 11.9. The molecule has 0 bridgehead atoms. The lowest BCUT2D eigenvalue weighted by Gasteiger charge is -2.30. The van der Waals surface area contributed by atoms with E-state index in [4.69, 9.17) is 5.73 Å². The number of nitrogens with two attached hydrogens (primary N) is 1. The van der Waals surface area contributed by atoms with Crippen molar-refractivity contribution >= 4 is 28.1 Å². The van der Waals surface area contributed by atoms with Gasteiger partial charge in [0.05, 0.1) is 9.82 Å². The number of halogens is 1. The van der Waals surface area contributed by atoms with Gasteiger partial charge in [0.2, 0.25) is 10.0 Å². The van der Waals surface area contributed by atoms with E-state index in [1.807, 2.05) is 13.8 Å². The van der Waals surface area contributed by atoms with E-state index >= 15 is 0 Å². The second-order valence-electron chi connectivity index (χ2n) is 4.55. The van der Waals surface area contributed by atoms with Crippen LogP contribution in [0.15, 0.2) is 29.2 Å². The predicted octanol–water partition coefficient (Wildman–Crippen LogP) is 1.81. The smallest absolute Gasteiger partial charge is 0.269 e. The van der Waals surface area contributed by atoms with Gasteiger partial charge >= 0.3 is 0 Å². The molecule has 0 saturated carbocycles. The second kappa shape index (κ2) is 7.69. The molecule has 0 fully saturated rings. The van der Waals surface area contributed by atoms with Gasteiger partial charge in [-0.25, -0.2) is 13.1 Å². The summed E-state index contributed by atoms with van der Waals surface area (Å²) in [6.45, 7) is 3.90. The van der Waals surface area contributed by atoms with Crippen LogP contribution in [0, 0.1) is 10.1 Å². The van der Waals surface area contributed by atoms with Crippen LogP contribution in [0.2, 0.25) is 0 Å². The molecular weight excluding hydrogens is 318 g/mol. The average molecular weight is 338 g/mol. The van der Waals surface area contributed by atoms with Gasteiger partial charge in [-0.2, -0.15) is 0 Å². The first-order valence-electron chi connectivity index (χ1n) is 6.28. The zero-order chi connectivity index (χ0) is 15.4. The number of non-ortho nitro benzene ring substituents is 1. The van der Waals surface area contributed by atoms with Crippen LogP contribution >= 0.6 is 12.4 Å². The van der Waals surface area contributed by atoms with Crippen molar-refractivity contribution in [3.8, 4) is 0 Å². The van der Waals surface area contributed by atoms with Crippen LogP contribution in [0.1, 0.15) is 26.7 Å². The number of nitro benzene ring substituents is 1. The lowest BCUT2D eigenvalue weighted by molar-refractivity contribution is -0.384. The predicted molar refractivity (Wildman–Crippen MR) is 83.0 cm³/mol. The molecule has 1 aromatic rings. The Labute approximate surface area is 130 Å². The minimum Gasteiger partial charge on any atom is -0.329 e. The summed E-state index contributed by atoms with van der Waals surface area (Å²) in [5, 5.41) is 10.6. The van der Waals surface area contributed by atoms with E-state index in [1.54, 1.807) is 0 Å². The Balaban J connectivity index is 0.00000400. The molecule has 0 heterocycles. The van der Waals surface area contributed by atoms with Crippen LogP contribution in [0.3, 0.4) is 0 Å². The summed E-state index contributed by atoms with van der Waals surface area (Å²) in [5.41, 5.74) is 4.82. The van der Waals surface area contributed by atoms with Gasteiger partial charge in [-0.15, -0.1) is 12.4 Å². The minimum absolute atomic E-state index is 0. The molecule has 0 radical (unpaired) electrons. The van der Waals surface area contributed by atoms with Gasteiger partial charge in [0.1, 0.15) is 0 Å². The summed E-state index contributed by atoms with van der Waals surface area (Å²) in [5.74, 6) is 0. The molecule has 0 amide bonds. The molecule has 1 aromatic carbocycles. The summed E-state index contributed by atoms with van der Waals surface area (Å²) in [7, 11) is -3.75. The van der Waals surface area contributed by atoms with Gasteiger partial charge in [-0.05, 0) is 25.0 Å². The summed E-state index contributed by atoms with van der Waals surface area (Å²) >= 11 is 0. The van der Waals surface area contributed by atoms with E-state index < -0.39 is 20.5 Å². The number of hydrogen-bond acceptors (Lipinski definition) is 5. The molecule has 0 aliphatic heterocycles. The molecule has 120 valence electrons. The van der Waals surface area contributed by atoms with Gasteiger partial charge in [0.25, 0.3) is 5.69 Å². The highest BCUT2D eigenvalue weighted by molar-refractivity contribution is 7.89. The normalized spacial score (nSPS) is 11.8. The maximum atomic E-state index is 12.3. The first-order valence-corrected chi connectivity index (χ1v) is 7.77. The highest BCUT2D eigenvalue weighted by Gasteiger charge is 2.30. The molecule has 0 aliphatic carbocycles. The van der Waals surface area contributed by atoms with Crippen LogP contribution in [0.4, 0.5) is 5.69 Å². The summed E-state index contributed by atoms with van der Waals surface area (Å²) in [4.78, 5) is 9.97. The molecule has 0 aliphatic rings. The fourth-order valence-corrected chi connectivity index (χ4v) is 3.37. The number of nitrogens with one attached hydrogen (secondary N) is 1. The lowest BCUT2D eigenvalue weighted by atomic mass is 9.95. The van der Waals surface area contributed by atoms with E-state index in [0.29, 0.717) is 12.8 Å². The van der Waals surface area contributed by atoms with Gasteiger partial charge in [0, 0.05) is 24.2 Å². The minimum atomic E-state index is -3.75. The fourth-order valence-electron chi connectivity index (χ4n) is 1.82. The highest BCUT2D eigenvalue weighted by Crippen LogP contribution is 2.20. The Hall–Kier alpha value is -1.22. The summed E-state index contributed by atoms with van der Waals surface area (Å²) in [6, 6.07) is 4.76. The molecule has 0 atom stereocenters. The van der Waals surface area contributed by atoms with Crippen molar-refractivity contribution in [1.29, 1.82) is 0 Å². The maximum absolute atomic E-state index is 12.3. The summed E-state index contributed by atoms with van der Waals surface area (Å²) in [6.07, 6.45) is 1.12. The Morgan fingerprint density at radius 3 is 2.05 bits per heavy atom. The number of sulfonamides is 1. The van der Waals surface area contributed by atoms with Crippen LogP contribution in [0.5, 0.6) is 0 Å². The number of nitrogens with zero attached hydrogens (tertiary/aromatic N) is 1. The van der Waals surface area contributed by atoms with Crippen molar-refractivity contribution in [2.45, 2.75) is 37.1 Å². The number of hydrogen-bond donors (Lipinski definition) is 2. The van der Waals surface area contributed by atoms with Crippen molar-refractivity contribution < 1.29 is 13.3 Å². The number of nitro groups is 1. The first kappa shape index (κ1) is 19.8. The molecule has 21 heavy (non-hydrogen) atoms. The van der Waals surface area contributed by atoms with Crippen molar-refractivity contribution in [2.75, 3.05) is 6.54 Å². The highest BCUT2D eigenvalue weighted by atomic mass is 35.5. The van der Waals surface area contributed by atoms with Crippen molar-refractivity contribution in [3.63, 3.8) is 0 Å². The third-order valence-electron chi connectivity index (χ3n) is 3.45. The van der Waals surface area contributed by atoms with E-state index in [1.165, 1.54) is 12.1 Å².